The van der Waals surface area contributed by atoms with Crippen molar-refractivity contribution in [3.63, 3.8) is 0 Å². The molecule has 12 aromatic carbocycles. The molecule has 2 fully saturated rings. The van der Waals surface area contributed by atoms with Gasteiger partial charge in [0.2, 0.25) is 0 Å². The monoisotopic (exact) mass is 1910 g/mol. The number of hydrogen-bond acceptors (Lipinski definition) is 18. The molecule has 0 spiro atoms. The summed E-state index contributed by atoms with van der Waals surface area (Å²) in [6.07, 6.45) is 12.7. The van der Waals surface area contributed by atoms with Crippen molar-refractivity contribution in [3.05, 3.63) is 449 Å². The van der Waals surface area contributed by atoms with Crippen LogP contribution >= 0.6 is 22.7 Å². The molecule has 26 rings (SSSR count). The summed E-state index contributed by atoms with van der Waals surface area (Å²) in [5, 5.41) is 12.2. The van der Waals surface area contributed by atoms with Gasteiger partial charge in [-0.05, 0) is 271 Å². The van der Waals surface area contributed by atoms with Gasteiger partial charge in [0.25, 0.3) is 0 Å². The molecule has 1 aliphatic carbocycles. The number of piperazine rings is 2. The summed E-state index contributed by atoms with van der Waals surface area (Å²) in [7, 11) is 8.69. The van der Waals surface area contributed by atoms with E-state index in [0.717, 1.165) is 107 Å². The fraction of sp³-hybridized carbons (Fsp3) is 0.203. The van der Waals surface area contributed by atoms with Gasteiger partial charge in [-0.25, -0.2) is 24.9 Å². The lowest BCUT2D eigenvalue weighted by Crippen LogP contribution is -2.42. The number of fused-ring (bicyclic) bond motifs is 12. The molecule has 0 unspecified atom stereocenters. The number of para-hydroxylation sites is 11. The van der Waals surface area contributed by atoms with Crippen molar-refractivity contribution in [2.75, 3.05) is 80.5 Å². The third-order valence-corrected chi connectivity index (χ3v) is 25.1. The summed E-state index contributed by atoms with van der Waals surface area (Å²) < 4.78 is 13.3. The summed E-state index contributed by atoms with van der Waals surface area (Å²) in [6, 6.07) is 115. The minimum absolute atomic E-state index is 0.723. The molecule has 0 saturated carbocycles. The average Bonchev–Trinajstić information content (AvgIpc) is 1.82. The molecule has 2 aliphatic heterocycles. The SMILES string of the molecule is CC1=Cc2ccccc2C1.CN1CCN(C)CC1.CN1CCN(C)CC1.Cc1cc2ccccc2[nH]1.Cc1cc2ccccc2cn1.Cc1cc2ccccc2o1.Cc1cc2ccccc2s1.Cc1ccc2ccccc2n1.Cc1cnc2ccccc2c1.Cc1cnc2ccccc2c1.Cc1cnc2ccccc2n1.Cc1nc2ccccc2o1.Cc1nc2ccccc2s1.Cc1ncc2ccccc2n1. The number of hydrogen-bond donors (Lipinski definition) is 1. The lowest BCUT2D eigenvalue weighted by Gasteiger charge is -2.28. The number of thiazole rings is 1. The third-order valence-electron chi connectivity index (χ3n) is 23.1. The van der Waals surface area contributed by atoms with E-state index in [0.29, 0.717) is 0 Å². The highest BCUT2D eigenvalue weighted by Gasteiger charge is 2.11. The van der Waals surface area contributed by atoms with Gasteiger partial charge in [-0.15, -0.1) is 22.7 Å². The number of pyridine rings is 4. The molecule has 23 aromatic rings. The molecule has 0 radical (unpaired) electrons. The summed E-state index contributed by atoms with van der Waals surface area (Å²) in [5.74, 6) is 2.52. The number of furan rings is 1. The van der Waals surface area contributed by atoms with Gasteiger partial charge < -0.3 is 33.4 Å². The lowest BCUT2D eigenvalue weighted by molar-refractivity contribution is 0.181. The van der Waals surface area contributed by atoms with E-state index in [4.69, 9.17) is 8.83 Å². The number of nitrogens with zero attached hydrogens (tertiary/aromatic N) is 14. The van der Waals surface area contributed by atoms with E-state index in [1.165, 1.54) is 149 Å². The lowest BCUT2D eigenvalue weighted by atomic mass is 10.1. The first-order valence-electron chi connectivity index (χ1n) is 48.1. The summed E-state index contributed by atoms with van der Waals surface area (Å²) >= 11 is 3.59. The van der Waals surface area contributed by atoms with Crippen LogP contribution in [0.2, 0.25) is 0 Å². The van der Waals surface area contributed by atoms with E-state index in [9.17, 15) is 0 Å². The Hall–Kier alpha value is -15.1. The molecule has 2 saturated heterocycles. The fourth-order valence-corrected chi connectivity index (χ4v) is 17.3. The first-order valence-corrected chi connectivity index (χ1v) is 49.8. The highest BCUT2D eigenvalue weighted by Crippen LogP contribution is 2.27. The zero-order valence-electron chi connectivity index (χ0n) is 84.6. The van der Waals surface area contributed by atoms with Crippen molar-refractivity contribution in [1.29, 1.82) is 0 Å². The first kappa shape index (κ1) is 104. The average molecular weight is 1910 g/mol. The maximum atomic E-state index is 5.37. The van der Waals surface area contributed by atoms with Gasteiger partial charge in [0.1, 0.15) is 22.7 Å². The Morgan fingerprint density at radius 3 is 1.34 bits per heavy atom. The van der Waals surface area contributed by atoms with Gasteiger partial charge in [0.05, 0.1) is 54.0 Å². The van der Waals surface area contributed by atoms with Crippen LogP contribution in [0.25, 0.3) is 125 Å². The van der Waals surface area contributed by atoms with Crippen LogP contribution in [-0.2, 0) is 6.42 Å². The summed E-state index contributed by atoms with van der Waals surface area (Å²) in [4.78, 5) is 56.6. The Kier molecular flexibility index (Phi) is 39.6. The van der Waals surface area contributed by atoms with Gasteiger partial charge in [-0.3, -0.25) is 24.9 Å². The van der Waals surface area contributed by atoms with Gasteiger partial charge >= 0.3 is 0 Å². The normalized spacial score (nSPS) is 12.5. The van der Waals surface area contributed by atoms with Crippen molar-refractivity contribution in [3.8, 4) is 0 Å². The maximum absolute atomic E-state index is 5.37. The third kappa shape index (κ3) is 33.6. The van der Waals surface area contributed by atoms with E-state index >= 15 is 0 Å². The molecular weight excluding hydrogens is 1780 g/mol. The molecule has 0 amide bonds. The minimum atomic E-state index is 0.723. The number of allylic oxidation sites excluding steroid dienone is 1. The van der Waals surface area contributed by atoms with Crippen molar-refractivity contribution < 1.29 is 8.83 Å². The number of H-pyrrole nitrogens is 1. The highest BCUT2D eigenvalue weighted by molar-refractivity contribution is 7.19. The van der Waals surface area contributed by atoms with E-state index in [1.807, 2.05) is 285 Å². The number of nitrogens with one attached hydrogen (secondary N) is 1. The molecule has 17 nitrogen and oxygen atoms in total. The zero-order valence-corrected chi connectivity index (χ0v) is 86.2. The smallest absolute Gasteiger partial charge is 0.192 e. The second kappa shape index (κ2) is 53.9. The molecule has 19 heteroatoms. The number of aromatic amines is 1. The van der Waals surface area contributed by atoms with Crippen LogP contribution in [0.5, 0.6) is 0 Å². The van der Waals surface area contributed by atoms with Crippen LogP contribution in [0, 0.1) is 76.2 Å². The molecule has 142 heavy (non-hydrogen) atoms. The van der Waals surface area contributed by atoms with E-state index in [2.05, 4.69) is 283 Å². The van der Waals surface area contributed by atoms with Gasteiger partial charge in [0, 0.05) is 155 Å². The molecule has 3 aliphatic rings. The van der Waals surface area contributed by atoms with Crippen molar-refractivity contribution >= 4 is 147 Å². The molecule has 0 atom stereocenters. The second-order valence-corrected chi connectivity index (χ2v) is 38.0. The fourth-order valence-electron chi connectivity index (χ4n) is 15.5. The second-order valence-electron chi connectivity index (χ2n) is 35.5. The van der Waals surface area contributed by atoms with Crippen LogP contribution in [0.3, 0.4) is 0 Å². The van der Waals surface area contributed by atoms with Crippen LogP contribution in [0.15, 0.2) is 385 Å². The predicted octanol–water partition coefficient (Wildman–Crippen LogP) is 29.6. The maximum Gasteiger partial charge on any atom is 0.192 e. The van der Waals surface area contributed by atoms with Crippen molar-refractivity contribution in [2.24, 2.45) is 0 Å². The number of oxazole rings is 1. The molecule has 13 heterocycles. The van der Waals surface area contributed by atoms with Crippen molar-refractivity contribution in [1.82, 2.24) is 74.4 Å². The highest BCUT2D eigenvalue weighted by atomic mass is 32.1. The number of aryl methyl sites for hydroxylation is 11. The van der Waals surface area contributed by atoms with Crippen LogP contribution in [0.1, 0.15) is 79.3 Å². The van der Waals surface area contributed by atoms with Crippen molar-refractivity contribution in [2.45, 2.75) is 89.5 Å². The number of rotatable bonds is 0. The Labute approximate surface area is 843 Å². The quantitative estimate of drug-likeness (QED) is 0.151. The predicted molar refractivity (Wildman–Crippen MR) is 602 cm³/mol. The summed E-state index contributed by atoms with van der Waals surface area (Å²) in [5.41, 5.74) is 22.4. The topological polar surface area (TPSA) is 184 Å². The first-order chi connectivity index (χ1) is 68.9. The molecular formula is C123H129N15O2S2. The Balaban J connectivity index is 0.000000129. The van der Waals surface area contributed by atoms with Gasteiger partial charge in [0.15, 0.2) is 11.5 Å². The molecule has 720 valence electrons. The Bertz CT molecular complexity index is 6680. The Morgan fingerprint density at radius 2 is 0.746 bits per heavy atom. The largest absolute Gasteiger partial charge is 0.461 e. The van der Waals surface area contributed by atoms with Crippen LogP contribution < -0.4 is 0 Å². The Morgan fingerprint density at radius 1 is 0.282 bits per heavy atom. The standard InChI is InChI=1S/4C10H9N.C10H10.2C9H8N2.C9H9N.C9H8O.C9H8S.C8H7NO.C8H7NS.2C6H14N2/c1-8-6-9-4-2-3-5-10(9)7-11-8;2*1-8-6-9-4-2-3-5-10(9)11-7-8;1-8-6-7-9-4-2-3-5-10(9)11-8;1-8-6-9-4-2-3-5-10(9)7-8;1-7-10-6-8-4-2-3-5-9(8)11-7;1-7-6-10-8-4-2-3-5-9(8)11-7;3*1-7-6-8-4-2-3-5-9(8)10-7;2*1-6-9-7-4-2-3-5-8(7)10-6;2*1-7-3-5-8(2)6-4-7/h4*2-7H,1H3;2-6H,7H2,1H3;2*2-6H,1H3;2-6,10H,1H3;2*2-6H,1H3;2*2-5H,1H3;2*3-6H2,1-2H3. The number of aromatic nitrogens is 11. The molecule has 1 N–H and O–H groups in total. The number of benzene rings is 12. The molecule has 0 bridgehead atoms. The van der Waals surface area contributed by atoms with Gasteiger partial charge in [-0.1, -0.05) is 230 Å². The minimum Gasteiger partial charge on any atom is -0.461 e. The van der Waals surface area contributed by atoms with E-state index in [-0.39, 0.29) is 0 Å². The number of thiophene rings is 1. The van der Waals surface area contributed by atoms with Gasteiger partial charge in [-0.2, -0.15) is 0 Å². The van der Waals surface area contributed by atoms with Crippen LogP contribution in [0.4, 0.5) is 0 Å². The molecule has 11 aromatic heterocycles. The summed E-state index contributed by atoms with van der Waals surface area (Å²) in [6.45, 7) is 34.1. The zero-order chi connectivity index (χ0) is 99.9. The number of likely N-dealkylation sites (N-methyl/N-ethyl adjacent to an activating group) is 4. The van der Waals surface area contributed by atoms with E-state index < -0.39 is 0 Å². The van der Waals surface area contributed by atoms with Crippen LogP contribution in [-0.4, -0.2) is 155 Å². The van der Waals surface area contributed by atoms with E-state index in [1.54, 1.807) is 17.5 Å².